The molecule has 1 unspecified atom stereocenters. The average Bonchev–Trinajstić information content (AvgIpc) is 2.88. The number of hydrogen-bond acceptors (Lipinski definition) is 5. The zero-order valence-electron chi connectivity index (χ0n) is 20.8. The van der Waals surface area contributed by atoms with Crippen LogP contribution in [0.2, 0.25) is 18.1 Å². The zero-order chi connectivity index (χ0) is 24.1. The predicted octanol–water partition coefficient (Wildman–Crippen LogP) is 5.76. The molecule has 2 aromatic rings. The van der Waals surface area contributed by atoms with E-state index < -0.39 is 25.4 Å². The van der Waals surface area contributed by atoms with Crippen LogP contribution in [0.15, 0.2) is 59.5 Å². The summed E-state index contributed by atoms with van der Waals surface area (Å²) in [6, 6.07) is 21.2. The van der Waals surface area contributed by atoms with Gasteiger partial charge in [0.2, 0.25) is 0 Å². The Hall–Kier alpha value is -1.35. The van der Waals surface area contributed by atoms with E-state index >= 15 is 0 Å². The number of aryl methyl sites for hydroxylation is 1. The minimum absolute atomic E-state index is 0.106. The maximum Gasteiger partial charge on any atom is 0.192 e. The number of fused-ring (bicyclic) bond motifs is 1. The molecule has 4 rings (SSSR count). The Morgan fingerprint density at radius 2 is 1.62 bits per heavy atom. The lowest BCUT2D eigenvalue weighted by molar-refractivity contribution is -0.298. The van der Waals surface area contributed by atoms with Gasteiger partial charge in [-0.3, -0.25) is 4.21 Å². The summed E-state index contributed by atoms with van der Waals surface area (Å²) >= 11 is 0. The van der Waals surface area contributed by atoms with Crippen LogP contribution in [0, 0.1) is 6.92 Å². The Kier molecular flexibility index (Phi) is 8.77. The first kappa shape index (κ1) is 25.7. The molecule has 2 aromatic carbocycles. The van der Waals surface area contributed by atoms with Gasteiger partial charge in [-0.1, -0.05) is 68.8 Å². The number of benzene rings is 2. The van der Waals surface area contributed by atoms with Crippen molar-refractivity contribution < 1.29 is 22.8 Å². The molecule has 0 spiro atoms. The van der Waals surface area contributed by atoms with E-state index in [4.69, 9.17) is 18.6 Å². The molecule has 0 aromatic heterocycles. The molecule has 0 aliphatic carbocycles. The fourth-order valence-corrected chi connectivity index (χ4v) is 9.03. The van der Waals surface area contributed by atoms with Crippen molar-refractivity contribution >= 4 is 19.1 Å². The summed E-state index contributed by atoms with van der Waals surface area (Å²) in [5.41, 5.74) is 2.17. The van der Waals surface area contributed by atoms with E-state index in [1.165, 1.54) is 0 Å². The van der Waals surface area contributed by atoms with Crippen LogP contribution in [-0.4, -0.2) is 49.3 Å². The standard InChI is InChI=1S/C27H38O5SSi/c1-5-34(6-2,7-3)32-24-17-23-25(18-29-27(31-23)21-11-9-8-10-12-21)30-26(24)19-33(28)22-15-13-20(4)14-16-22/h8-16,23-27H,5-7,17-19H2,1-4H3/t23-,24+,25+,26-,27?,33-/m0/s1. The minimum atomic E-state index is -1.89. The Balaban J connectivity index is 1.52. The third-order valence-corrected chi connectivity index (χ3v) is 13.5. The number of rotatable bonds is 9. The Morgan fingerprint density at radius 1 is 0.941 bits per heavy atom. The molecule has 34 heavy (non-hydrogen) atoms. The third-order valence-electron chi connectivity index (χ3n) is 7.36. The molecule has 186 valence electrons. The molecule has 6 atom stereocenters. The molecule has 2 saturated heterocycles. The highest BCUT2D eigenvalue weighted by atomic mass is 32.2. The van der Waals surface area contributed by atoms with Gasteiger partial charge < -0.3 is 18.6 Å². The zero-order valence-corrected chi connectivity index (χ0v) is 22.6. The lowest BCUT2D eigenvalue weighted by atomic mass is 9.98. The molecule has 0 bridgehead atoms. The highest BCUT2D eigenvalue weighted by Crippen LogP contribution is 2.37. The lowest BCUT2D eigenvalue weighted by Crippen LogP contribution is -2.57. The molecular formula is C27H38O5SSi. The molecule has 5 nitrogen and oxygen atoms in total. The summed E-state index contributed by atoms with van der Waals surface area (Å²) in [7, 11) is -3.05. The largest absolute Gasteiger partial charge is 0.411 e. The van der Waals surface area contributed by atoms with E-state index in [2.05, 4.69) is 20.8 Å². The van der Waals surface area contributed by atoms with Crippen molar-refractivity contribution in [2.45, 2.75) is 87.8 Å². The predicted molar refractivity (Wildman–Crippen MR) is 138 cm³/mol. The third kappa shape index (κ3) is 5.89. The van der Waals surface area contributed by atoms with Crippen molar-refractivity contribution in [1.29, 1.82) is 0 Å². The summed E-state index contributed by atoms with van der Waals surface area (Å²) in [5, 5.41) is 0. The Bertz CT molecular complexity index is 926. The molecular weight excluding hydrogens is 464 g/mol. The highest BCUT2D eigenvalue weighted by Gasteiger charge is 2.46. The minimum Gasteiger partial charge on any atom is -0.411 e. The molecule has 0 radical (unpaired) electrons. The van der Waals surface area contributed by atoms with E-state index in [0.29, 0.717) is 12.4 Å². The number of ether oxygens (including phenoxy) is 3. The summed E-state index contributed by atoms with van der Waals surface area (Å²) in [6.07, 6.45) is -0.319. The van der Waals surface area contributed by atoms with Crippen molar-refractivity contribution in [1.82, 2.24) is 0 Å². The van der Waals surface area contributed by atoms with Crippen molar-refractivity contribution in [3.05, 3.63) is 65.7 Å². The normalized spacial score (nSPS) is 28.3. The van der Waals surface area contributed by atoms with Crippen LogP contribution in [0.4, 0.5) is 0 Å². The molecule has 2 heterocycles. The smallest absolute Gasteiger partial charge is 0.192 e. The topological polar surface area (TPSA) is 54.0 Å². The number of hydrogen-bond donors (Lipinski definition) is 0. The molecule has 0 N–H and O–H groups in total. The van der Waals surface area contributed by atoms with Crippen molar-refractivity contribution in [2.75, 3.05) is 12.4 Å². The molecule has 2 aliphatic rings. The first-order chi connectivity index (χ1) is 16.5. The van der Waals surface area contributed by atoms with Crippen molar-refractivity contribution in [3.8, 4) is 0 Å². The van der Waals surface area contributed by atoms with Gasteiger partial charge in [0.05, 0.1) is 41.5 Å². The van der Waals surface area contributed by atoms with Gasteiger partial charge in [0.1, 0.15) is 6.10 Å². The van der Waals surface area contributed by atoms with Gasteiger partial charge >= 0.3 is 0 Å². The van der Waals surface area contributed by atoms with Gasteiger partial charge in [0, 0.05) is 16.9 Å². The molecule has 0 saturated carbocycles. The quantitative estimate of drug-likeness (QED) is 0.408. The van der Waals surface area contributed by atoms with E-state index in [1.807, 2.05) is 61.5 Å². The Labute approximate surface area is 207 Å². The summed E-state index contributed by atoms with van der Waals surface area (Å²) in [6.45, 7) is 9.21. The summed E-state index contributed by atoms with van der Waals surface area (Å²) < 4.78 is 39.2. The second-order valence-corrected chi connectivity index (χ2v) is 15.6. The molecule has 2 aliphatic heterocycles. The van der Waals surface area contributed by atoms with Crippen LogP contribution in [-0.2, 0) is 29.4 Å². The van der Waals surface area contributed by atoms with Crippen molar-refractivity contribution in [2.24, 2.45) is 0 Å². The summed E-state index contributed by atoms with van der Waals surface area (Å²) in [4.78, 5) is 0.834. The average molecular weight is 503 g/mol. The second kappa shape index (κ2) is 11.6. The van der Waals surface area contributed by atoms with Crippen molar-refractivity contribution in [3.63, 3.8) is 0 Å². The maximum atomic E-state index is 13.3. The van der Waals surface area contributed by atoms with Crippen LogP contribution >= 0.6 is 0 Å². The van der Waals surface area contributed by atoms with Crippen LogP contribution in [0.5, 0.6) is 0 Å². The molecule has 0 amide bonds. The fourth-order valence-electron chi connectivity index (χ4n) is 4.91. The van der Waals surface area contributed by atoms with E-state index in [9.17, 15) is 4.21 Å². The van der Waals surface area contributed by atoms with Gasteiger partial charge in [-0.15, -0.1) is 0 Å². The summed E-state index contributed by atoms with van der Waals surface area (Å²) in [5.74, 6) is 0.417. The van der Waals surface area contributed by atoms with E-state index in [-0.39, 0.29) is 24.4 Å². The second-order valence-electron chi connectivity index (χ2n) is 9.42. The van der Waals surface area contributed by atoms with Gasteiger partial charge in [-0.25, -0.2) is 0 Å². The van der Waals surface area contributed by atoms with E-state index in [1.54, 1.807) is 0 Å². The molecule has 7 heteroatoms. The van der Waals surface area contributed by atoms with Gasteiger partial charge in [0.15, 0.2) is 14.6 Å². The van der Waals surface area contributed by atoms with Crippen LogP contribution < -0.4 is 0 Å². The maximum absolute atomic E-state index is 13.3. The van der Waals surface area contributed by atoms with Crippen LogP contribution in [0.3, 0.4) is 0 Å². The monoisotopic (exact) mass is 502 g/mol. The molecule has 2 fully saturated rings. The lowest BCUT2D eigenvalue weighted by Gasteiger charge is -2.47. The fraction of sp³-hybridized carbons (Fsp3) is 0.556. The first-order valence-electron chi connectivity index (χ1n) is 12.6. The van der Waals surface area contributed by atoms with Crippen LogP contribution in [0.1, 0.15) is 44.6 Å². The Morgan fingerprint density at radius 3 is 2.26 bits per heavy atom. The first-order valence-corrected chi connectivity index (χ1v) is 16.4. The SMILES string of the molecule is CC[Si](CC)(CC)O[C@@H]1C[C@@H]2OC(c3ccccc3)OC[C@H]2O[C@H]1C[S@](=O)c1ccc(C)cc1. The van der Waals surface area contributed by atoms with Crippen LogP contribution in [0.25, 0.3) is 0 Å². The van der Waals surface area contributed by atoms with Gasteiger partial charge in [0.25, 0.3) is 0 Å². The van der Waals surface area contributed by atoms with E-state index in [0.717, 1.165) is 40.6 Å². The highest BCUT2D eigenvalue weighted by molar-refractivity contribution is 7.85. The van der Waals surface area contributed by atoms with Gasteiger partial charge in [-0.05, 0) is 37.2 Å². The van der Waals surface area contributed by atoms with Gasteiger partial charge in [-0.2, -0.15) is 0 Å².